The Balaban J connectivity index is 2.45. The SMILES string of the molecule is C#C[C@@H]1CCC[C@@H]1O. The molecule has 0 spiro atoms. The summed E-state index contributed by atoms with van der Waals surface area (Å²) in [5.41, 5.74) is 0. The minimum atomic E-state index is -0.208. The lowest BCUT2D eigenvalue weighted by molar-refractivity contribution is 0.157. The Morgan fingerprint density at radius 3 is 2.50 bits per heavy atom. The number of hydrogen-bond donors (Lipinski definition) is 1. The summed E-state index contributed by atoms with van der Waals surface area (Å²) in [6, 6.07) is 0. The van der Waals surface area contributed by atoms with Crippen molar-refractivity contribution in [2.45, 2.75) is 25.4 Å². The van der Waals surface area contributed by atoms with Crippen LogP contribution in [0.25, 0.3) is 0 Å². The minimum absolute atomic E-state index is 0.148. The first-order valence-electron chi connectivity index (χ1n) is 2.99. The maximum absolute atomic E-state index is 9.05. The first-order chi connectivity index (χ1) is 3.84. The third kappa shape index (κ3) is 0.850. The smallest absolute Gasteiger partial charge is 0.0677 e. The average molecular weight is 110 g/mol. The van der Waals surface area contributed by atoms with Gasteiger partial charge in [0.2, 0.25) is 0 Å². The van der Waals surface area contributed by atoms with Gasteiger partial charge in [0.05, 0.1) is 6.10 Å². The Bertz CT molecular complexity index is 112. The number of terminal acetylenes is 1. The fraction of sp³-hybridized carbons (Fsp3) is 0.714. The lowest BCUT2D eigenvalue weighted by Crippen LogP contribution is -2.09. The zero-order valence-corrected chi connectivity index (χ0v) is 4.80. The average Bonchev–Trinajstić information content (AvgIpc) is 2.14. The molecule has 0 radical (unpaired) electrons. The van der Waals surface area contributed by atoms with E-state index in [9.17, 15) is 0 Å². The first-order valence-corrected chi connectivity index (χ1v) is 2.99. The quantitative estimate of drug-likeness (QED) is 0.457. The molecule has 1 aliphatic rings. The molecule has 1 saturated carbocycles. The maximum Gasteiger partial charge on any atom is 0.0677 e. The number of aliphatic hydroxyl groups is 1. The molecule has 0 aromatic rings. The molecular weight excluding hydrogens is 100 g/mol. The van der Waals surface area contributed by atoms with Gasteiger partial charge in [0, 0.05) is 5.92 Å². The van der Waals surface area contributed by atoms with Crippen molar-refractivity contribution in [3.63, 3.8) is 0 Å². The monoisotopic (exact) mass is 110 g/mol. The van der Waals surface area contributed by atoms with E-state index in [-0.39, 0.29) is 12.0 Å². The summed E-state index contributed by atoms with van der Waals surface area (Å²) in [5.74, 6) is 2.71. The summed E-state index contributed by atoms with van der Waals surface area (Å²) >= 11 is 0. The van der Waals surface area contributed by atoms with E-state index in [2.05, 4.69) is 5.92 Å². The standard InChI is InChI=1S/C7H10O/c1-2-6-4-3-5-7(6)8/h1,6-8H,3-5H2/t6-,7+/m1/s1. The number of rotatable bonds is 0. The van der Waals surface area contributed by atoms with Gasteiger partial charge in [-0.1, -0.05) is 0 Å². The van der Waals surface area contributed by atoms with Gasteiger partial charge in [0.25, 0.3) is 0 Å². The van der Waals surface area contributed by atoms with E-state index < -0.39 is 0 Å². The highest BCUT2D eigenvalue weighted by Gasteiger charge is 2.22. The second-order valence-corrected chi connectivity index (χ2v) is 2.27. The van der Waals surface area contributed by atoms with Crippen LogP contribution in [0.5, 0.6) is 0 Å². The van der Waals surface area contributed by atoms with Gasteiger partial charge in [-0.2, -0.15) is 0 Å². The molecule has 0 aliphatic heterocycles. The van der Waals surface area contributed by atoms with E-state index in [0.29, 0.717) is 0 Å². The molecule has 0 bridgehead atoms. The summed E-state index contributed by atoms with van der Waals surface area (Å²) < 4.78 is 0. The molecule has 0 heterocycles. The molecule has 8 heavy (non-hydrogen) atoms. The predicted octanol–water partition coefficient (Wildman–Crippen LogP) is 0.781. The third-order valence-corrected chi connectivity index (χ3v) is 1.69. The molecule has 2 atom stereocenters. The number of aliphatic hydroxyl groups excluding tert-OH is 1. The van der Waals surface area contributed by atoms with Crippen LogP contribution in [-0.4, -0.2) is 11.2 Å². The van der Waals surface area contributed by atoms with E-state index in [1.165, 1.54) is 0 Å². The molecule has 0 unspecified atom stereocenters. The summed E-state index contributed by atoms with van der Waals surface area (Å²) in [6.07, 6.45) is 7.91. The normalized spacial score (nSPS) is 37.0. The lowest BCUT2D eigenvalue weighted by Gasteiger charge is -2.03. The summed E-state index contributed by atoms with van der Waals surface area (Å²) in [6.45, 7) is 0. The van der Waals surface area contributed by atoms with Crippen molar-refractivity contribution in [1.82, 2.24) is 0 Å². The molecule has 1 fully saturated rings. The first kappa shape index (κ1) is 5.65. The fourth-order valence-electron chi connectivity index (χ4n) is 1.13. The van der Waals surface area contributed by atoms with Gasteiger partial charge in [0.15, 0.2) is 0 Å². The van der Waals surface area contributed by atoms with Crippen LogP contribution in [0.2, 0.25) is 0 Å². The molecule has 1 rings (SSSR count). The Kier molecular flexibility index (Phi) is 1.55. The van der Waals surface area contributed by atoms with Crippen LogP contribution in [0.1, 0.15) is 19.3 Å². The van der Waals surface area contributed by atoms with Crippen molar-refractivity contribution in [3.05, 3.63) is 0 Å². The zero-order valence-electron chi connectivity index (χ0n) is 4.80. The third-order valence-electron chi connectivity index (χ3n) is 1.69. The van der Waals surface area contributed by atoms with E-state index >= 15 is 0 Å². The van der Waals surface area contributed by atoms with Crippen LogP contribution < -0.4 is 0 Å². The topological polar surface area (TPSA) is 20.2 Å². The van der Waals surface area contributed by atoms with Crippen LogP contribution in [0.3, 0.4) is 0 Å². The highest BCUT2D eigenvalue weighted by molar-refractivity contribution is 4.99. The molecule has 1 N–H and O–H groups in total. The molecular formula is C7H10O. The van der Waals surface area contributed by atoms with Gasteiger partial charge in [-0.25, -0.2) is 0 Å². The predicted molar refractivity (Wildman–Crippen MR) is 32.2 cm³/mol. The fourth-order valence-corrected chi connectivity index (χ4v) is 1.13. The zero-order chi connectivity index (χ0) is 5.98. The van der Waals surface area contributed by atoms with Crippen molar-refractivity contribution < 1.29 is 5.11 Å². The van der Waals surface area contributed by atoms with E-state index in [1.54, 1.807) is 0 Å². The Labute approximate surface area is 49.7 Å². The van der Waals surface area contributed by atoms with Crippen LogP contribution >= 0.6 is 0 Å². The van der Waals surface area contributed by atoms with Crippen LogP contribution in [-0.2, 0) is 0 Å². The molecule has 1 heteroatoms. The summed E-state index contributed by atoms with van der Waals surface area (Å²) in [5, 5.41) is 9.05. The summed E-state index contributed by atoms with van der Waals surface area (Å²) in [7, 11) is 0. The van der Waals surface area contributed by atoms with Gasteiger partial charge in [-0.15, -0.1) is 12.3 Å². The van der Waals surface area contributed by atoms with Gasteiger partial charge >= 0.3 is 0 Å². The van der Waals surface area contributed by atoms with Gasteiger partial charge in [-0.05, 0) is 19.3 Å². The maximum atomic E-state index is 9.05. The highest BCUT2D eigenvalue weighted by atomic mass is 16.3. The highest BCUT2D eigenvalue weighted by Crippen LogP contribution is 2.23. The van der Waals surface area contributed by atoms with Gasteiger partial charge < -0.3 is 5.11 Å². The van der Waals surface area contributed by atoms with Gasteiger partial charge in [0.1, 0.15) is 0 Å². The molecule has 44 valence electrons. The van der Waals surface area contributed by atoms with Crippen LogP contribution in [0, 0.1) is 18.3 Å². The van der Waals surface area contributed by atoms with Crippen molar-refractivity contribution in [1.29, 1.82) is 0 Å². The Hall–Kier alpha value is -0.480. The Morgan fingerprint density at radius 2 is 2.25 bits per heavy atom. The summed E-state index contributed by atoms with van der Waals surface area (Å²) in [4.78, 5) is 0. The second kappa shape index (κ2) is 2.19. The minimum Gasteiger partial charge on any atom is -0.392 e. The Morgan fingerprint density at radius 1 is 1.50 bits per heavy atom. The van der Waals surface area contributed by atoms with Crippen LogP contribution in [0.4, 0.5) is 0 Å². The molecule has 1 aliphatic carbocycles. The van der Waals surface area contributed by atoms with Crippen LogP contribution in [0.15, 0.2) is 0 Å². The molecule has 0 amide bonds. The van der Waals surface area contributed by atoms with E-state index in [0.717, 1.165) is 19.3 Å². The largest absolute Gasteiger partial charge is 0.392 e. The number of hydrogen-bond acceptors (Lipinski definition) is 1. The molecule has 1 nitrogen and oxygen atoms in total. The van der Waals surface area contributed by atoms with Crippen molar-refractivity contribution in [3.8, 4) is 12.3 Å². The molecule has 0 aromatic heterocycles. The second-order valence-electron chi connectivity index (χ2n) is 2.27. The molecule has 0 aromatic carbocycles. The molecule has 0 saturated heterocycles. The lowest BCUT2D eigenvalue weighted by atomic mass is 10.1. The van der Waals surface area contributed by atoms with Crippen molar-refractivity contribution >= 4 is 0 Å². The van der Waals surface area contributed by atoms with Crippen molar-refractivity contribution in [2.24, 2.45) is 5.92 Å². The van der Waals surface area contributed by atoms with Crippen molar-refractivity contribution in [2.75, 3.05) is 0 Å². The van der Waals surface area contributed by atoms with E-state index in [1.807, 2.05) is 0 Å². The van der Waals surface area contributed by atoms with Gasteiger partial charge in [-0.3, -0.25) is 0 Å². The van der Waals surface area contributed by atoms with E-state index in [4.69, 9.17) is 11.5 Å².